The molecule has 0 N–H and O–H groups in total. The second kappa shape index (κ2) is 9.55. The quantitative estimate of drug-likeness (QED) is 0.629. The standard InChI is InChI=1S/C21H29N3O5S/c1-27-13-10-20-22-21(29-23-20)15-28-18-8-11-24(12-9-18)30(25,26)19-7-6-16-4-2-3-5-17(16)14-19/h6-7,14,18H,2-5,8-13,15H2,1H3. The summed E-state index contributed by atoms with van der Waals surface area (Å²) < 4.78 is 43.8. The average molecular weight is 436 g/mol. The number of methoxy groups -OCH3 is 1. The van der Waals surface area contributed by atoms with Gasteiger partial charge in [-0.1, -0.05) is 11.2 Å². The Hall–Kier alpha value is -1.81. The van der Waals surface area contributed by atoms with Gasteiger partial charge in [0.05, 0.1) is 17.6 Å². The van der Waals surface area contributed by atoms with Crippen LogP contribution in [0.5, 0.6) is 0 Å². The number of aromatic nitrogens is 2. The number of aryl methyl sites for hydroxylation is 2. The maximum absolute atomic E-state index is 13.1. The van der Waals surface area contributed by atoms with Gasteiger partial charge in [0.25, 0.3) is 5.89 Å². The summed E-state index contributed by atoms with van der Waals surface area (Å²) in [6.45, 7) is 1.68. The van der Waals surface area contributed by atoms with Gasteiger partial charge in [0, 0.05) is 26.6 Å². The third kappa shape index (κ3) is 4.91. The molecule has 0 unspecified atom stereocenters. The molecule has 1 fully saturated rings. The molecular formula is C21H29N3O5S. The summed E-state index contributed by atoms with van der Waals surface area (Å²) in [4.78, 5) is 4.69. The zero-order chi connectivity index (χ0) is 21.0. The van der Waals surface area contributed by atoms with Crippen LogP contribution in [-0.2, 0) is 45.4 Å². The molecule has 2 aromatic rings. The smallest absolute Gasteiger partial charge is 0.252 e. The molecule has 1 saturated heterocycles. The third-order valence-electron chi connectivity index (χ3n) is 5.84. The van der Waals surface area contributed by atoms with Crippen LogP contribution in [0.1, 0.15) is 48.5 Å². The van der Waals surface area contributed by atoms with Crippen molar-refractivity contribution >= 4 is 10.0 Å². The molecule has 1 aromatic carbocycles. The Morgan fingerprint density at radius 1 is 1.17 bits per heavy atom. The summed E-state index contributed by atoms with van der Waals surface area (Å²) in [5.74, 6) is 1.03. The number of hydrogen-bond acceptors (Lipinski definition) is 7. The van der Waals surface area contributed by atoms with E-state index in [0.717, 1.165) is 19.3 Å². The van der Waals surface area contributed by atoms with Crippen LogP contribution in [0.25, 0.3) is 0 Å². The van der Waals surface area contributed by atoms with E-state index in [2.05, 4.69) is 10.1 Å². The Morgan fingerprint density at radius 3 is 2.70 bits per heavy atom. The van der Waals surface area contributed by atoms with Crippen molar-refractivity contribution in [2.75, 3.05) is 26.8 Å². The normalized spacial score (nSPS) is 18.4. The van der Waals surface area contributed by atoms with Crippen molar-refractivity contribution in [1.29, 1.82) is 0 Å². The van der Waals surface area contributed by atoms with Gasteiger partial charge < -0.3 is 14.0 Å². The topological polar surface area (TPSA) is 94.8 Å². The van der Waals surface area contributed by atoms with E-state index < -0.39 is 10.0 Å². The van der Waals surface area contributed by atoms with Gasteiger partial charge in [-0.2, -0.15) is 9.29 Å². The van der Waals surface area contributed by atoms with Crippen molar-refractivity contribution < 1.29 is 22.4 Å². The number of ether oxygens (including phenoxy) is 2. The Balaban J connectivity index is 1.30. The lowest BCUT2D eigenvalue weighted by atomic mass is 9.92. The summed E-state index contributed by atoms with van der Waals surface area (Å²) >= 11 is 0. The maximum atomic E-state index is 13.1. The highest BCUT2D eigenvalue weighted by molar-refractivity contribution is 7.89. The van der Waals surface area contributed by atoms with Crippen molar-refractivity contribution in [3.05, 3.63) is 41.0 Å². The van der Waals surface area contributed by atoms with Crippen molar-refractivity contribution in [3.63, 3.8) is 0 Å². The van der Waals surface area contributed by atoms with Gasteiger partial charge in [-0.05, 0) is 61.8 Å². The molecule has 2 aliphatic rings. The Kier molecular flexibility index (Phi) is 6.82. The second-order valence-corrected chi connectivity index (χ2v) is 9.84. The van der Waals surface area contributed by atoms with Gasteiger partial charge >= 0.3 is 0 Å². The van der Waals surface area contributed by atoms with Crippen LogP contribution in [0.3, 0.4) is 0 Å². The number of sulfonamides is 1. The van der Waals surface area contributed by atoms with Gasteiger partial charge in [0.2, 0.25) is 10.0 Å². The zero-order valence-corrected chi connectivity index (χ0v) is 18.2. The van der Waals surface area contributed by atoms with Crippen LogP contribution < -0.4 is 0 Å². The fourth-order valence-electron chi connectivity index (χ4n) is 4.09. The van der Waals surface area contributed by atoms with Crippen LogP contribution in [0.4, 0.5) is 0 Å². The highest BCUT2D eigenvalue weighted by Gasteiger charge is 2.30. The van der Waals surface area contributed by atoms with Crippen LogP contribution in [-0.4, -0.2) is 55.8 Å². The lowest BCUT2D eigenvalue weighted by molar-refractivity contribution is -0.00119. The van der Waals surface area contributed by atoms with E-state index in [9.17, 15) is 8.42 Å². The minimum Gasteiger partial charge on any atom is -0.384 e. The molecule has 1 aromatic heterocycles. The Morgan fingerprint density at radius 2 is 1.93 bits per heavy atom. The van der Waals surface area contributed by atoms with Crippen molar-refractivity contribution in [2.24, 2.45) is 0 Å². The number of benzene rings is 1. The number of hydrogen-bond donors (Lipinski definition) is 0. The van der Waals surface area contributed by atoms with Crippen molar-refractivity contribution in [1.82, 2.24) is 14.4 Å². The van der Waals surface area contributed by atoms with E-state index in [-0.39, 0.29) is 12.7 Å². The highest BCUT2D eigenvalue weighted by atomic mass is 32.2. The van der Waals surface area contributed by atoms with E-state index in [1.807, 2.05) is 12.1 Å². The molecule has 1 aliphatic heterocycles. The van der Waals surface area contributed by atoms with Crippen molar-refractivity contribution in [3.8, 4) is 0 Å². The summed E-state index contributed by atoms with van der Waals surface area (Å²) in [6.07, 6.45) is 6.21. The summed E-state index contributed by atoms with van der Waals surface area (Å²) in [6, 6.07) is 5.63. The number of rotatable bonds is 8. The second-order valence-electron chi connectivity index (χ2n) is 7.90. The van der Waals surface area contributed by atoms with Crippen LogP contribution in [0.2, 0.25) is 0 Å². The fourth-order valence-corrected chi connectivity index (χ4v) is 5.61. The molecule has 9 heteroatoms. The molecule has 0 spiro atoms. The predicted molar refractivity (Wildman–Crippen MR) is 110 cm³/mol. The number of piperidine rings is 1. The van der Waals surface area contributed by atoms with Crippen molar-refractivity contribution in [2.45, 2.75) is 62.6 Å². The molecule has 4 rings (SSSR count). The van der Waals surface area contributed by atoms with E-state index in [0.29, 0.717) is 55.6 Å². The summed E-state index contributed by atoms with van der Waals surface area (Å²) in [5, 5.41) is 3.89. The maximum Gasteiger partial charge on any atom is 0.252 e. The fraction of sp³-hybridized carbons (Fsp3) is 0.619. The molecule has 8 nitrogen and oxygen atoms in total. The van der Waals surface area contributed by atoms with Gasteiger partial charge in [-0.3, -0.25) is 0 Å². The van der Waals surface area contributed by atoms with Gasteiger partial charge in [0.15, 0.2) is 5.82 Å². The van der Waals surface area contributed by atoms with Crippen LogP contribution >= 0.6 is 0 Å². The molecule has 0 bridgehead atoms. The lowest BCUT2D eigenvalue weighted by Gasteiger charge is -2.31. The van der Waals surface area contributed by atoms with E-state index in [4.69, 9.17) is 14.0 Å². The molecular weight excluding hydrogens is 406 g/mol. The first-order valence-corrected chi connectivity index (χ1v) is 12.0. The van der Waals surface area contributed by atoms with E-state index >= 15 is 0 Å². The lowest BCUT2D eigenvalue weighted by Crippen LogP contribution is -2.40. The number of nitrogens with zero attached hydrogens (tertiary/aromatic N) is 3. The first kappa shape index (κ1) is 21.4. The first-order chi connectivity index (χ1) is 14.6. The highest BCUT2D eigenvalue weighted by Crippen LogP contribution is 2.27. The molecule has 0 atom stereocenters. The summed E-state index contributed by atoms with van der Waals surface area (Å²) in [5.41, 5.74) is 2.48. The molecule has 0 saturated carbocycles. The van der Waals surface area contributed by atoms with Gasteiger partial charge in [-0.25, -0.2) is 8.42 Å². The minimum atomic E-state index is -3.47. The van der Waals surface area contributed by atoms with Crippen LogP contribution in [0, 0.1) is 0 Å². The molecule has 0 amide bonds. The van der Waals surface area contributed by atoms with E-state index in [1.165, 1.54) is 17.5 Å². The molecule has 0 radical (unpaired) electrons. The zero-order valence-electron chi connectivity index (χ0n) is 17.4. The first-order valence-electron chi connectivity index (χ1n) is 10.6. The predicted octanol–water partition coefficient (Wildman–Crippen LogP) is 2.51. The van der Waals surface area contributed by atoms with Gasteiger partial charge in [0.1, 0.15) is 6.61 Å². The SMILES string of the molecule is COCCc1noc(COC2CCN(S(=O)(=O)c3ccc4c(c3)CCCC4)CC2)n1. The number of fused-ring (bicyclic) bond motifs is 1. The largest absolute Gasteiger partial charge is 0.384 e. The minimum absolute atomic E-state index is 0.0192. The monoisotopic (exact) mass is 435 g/mol. The molecule has 30 heavy (non-hydrogen) atoms. The summed E-state index contributed by atoms with van der Waals surface area (Å²) in [7, 11) is -1.84. The molecule has 1 aliphatic carbocycles. The Labute approximate surface area is 177 Å². The van der Waals surface area contributed by atoms with Crippen LogP contribution in [0.15, 0.2) is 27.6 Å². The average Bonchev–Trinajstić information content (AvgIpc) is 3.24. The van der Waals surface area contributed by atoms with Gasteiger partial charge in [-0.15, -0.1) is 0 Å². The molecule has 164 valence electrons. The Bertz CT molecular complexity index is 951. The molecule has 2 heterocycles. The van der Waals surface area contributed by atoms with E-state index in [1.54, 1.807) is 17.5 Å². The third-order valence-corrected chi connectivity index (χ3v) is 7.74.